The molecule has 2 fully saturated rings. The number of fused-ring (bicyclic) bond motifs is 1. The van der Waals surface area contributed by atoms with Gasteiger partial charge in [0.25, 0.3) is 0 Å². The SMILES string of the molecule is CNC(C)(CCCN1CCOC2CCCC21)C(N)=O. The van der Waals surface area contributed by atoms with Crippen LogP contribution in [0.5, 0.6) is 0 Å². The molecule has 2 rings (SSSR count). The lowest BCUT2D eigenvalue weighted by molar-refractivity contribution is -0.124. The van der Waals surface area contributed by atoms with Gasteiger partial charge in [0.1, 0.15) is 0 Å². The van der Waals surface area contributed by atoms with Gasteiger partial charge in [-0.2, -0.15) is 0 Å². The second-order valence-electron chi connectivity index (χ2n) is 5.99. The summed E-state index contributed by atoms with van der Waals surface area (Å²) in [6.45, 7) is 4.79. The molecule has 1 aliphatic carbocycles. The molecule has 5 nitrogen and oxygen atoms in total. The summed E-state index contributed by atoms with van der Waals surface area (Å²) in [5, 5.41) is 3.04. The van der Waals surface area contributed by atoms with Crippen molar-refractivity contribution in [3.8, 4) is 0 Å². The fraction of sp³-hybridized carbons (Fsp3) is 0.929. The van der Waals surface area contributed by atoms with Crippen LogP contribution in [0, 0.1) is 0 Å². The van der Waals surface area contributed by atoms with Gasteiger partial charge in [-0.25, -0.2) is 0 Å². The summed E-state index contributed by atoms with van der Waals surface area (Å²) in [5.41, 5.74) is 4.87. The second kappa shape index (κ2) is 6.20. The molecule has 0 aromatic heterocycles. The summed E-state index contributed by atoms with van der Waals surface area (Å²) in [4.78, 5) is 14.0. The molecule has 1 heterocycles. The van der Waals surface area contributed by atoms with Gasteiger partial charge in [-0.1, -0.05) is 0 Å². The van der Waals surface area contributed by atoms with Crippen LogP contribution < -0.4 is 11.1 Å². The van der Waals surface area contributed by atoms with Gasteiger partial charge >= 0.3 is 0 Å². The highest BCUT2D eigenvalue weighted by atomic mass is 16.5. The number of nitrogens with two attached hydrogens (primary N) is 1. The lowest BCUT2D eigenvalue weighted by Gasteiger charge is -2.38. The summed E-state index contributed by atoms with van der Waals surface area (Å²) in [7, 11) is 1.80. The quantitative estimate of drug-likeness (QED) is 0.736. The minimum absolute atomic E-state index is 0.268. The maximum Gasteiger partial charge on any atom is 0.237 e. The number of primary amides is 1. The molecule has 2 aliphatic rings. The first kappa shape index (κ1) is 14.8. The molecule has 0 spiro atoms. The van der Waals surface area contributed by atoms with E-state index in [0.717, 1.165) is 32.5 Å². The Kier molecular flexibility index (Phi) is 4.81. The first-order valence-corrected chi connectivity index (χ1v) is 7.41. The van der Waals surface area contributed by atoms with Crippen molar-refractivity contribution < 1.29 is 9.53 Å². The fourth-order valence-electron chi connectivity index (χ4n) is 3.29. The Bertz CT molecular complexity index is 324. The summed E-state index contributed by atoms with van der Waals surface area (Å²) in [5.74, 6) is -0.268. The van der Waals surface area contributed by atoms with Gasteiger partial charge in [0, 0.05) is 12.6 Å². The number of morpholine rings is 1. The minimum Gasteiger partial charge on any atom is -0.375 e. The Morgan fingerprint density at radius 3 is 3.00 bits per heavy atom. The van der Waals surface area contributed by atoms with Gasteiger partial charge in [-0.15, -0.1) is 0 Å². The maximum atomic E-state index is 11.4. The van der Waals surface area contributed by atoms with E-state index in [2.05, 4.69) is 10.2 Å². The molecule has 0 aromatic carbocycles. The van der Waals surface area contributed by atoms with Crippen molar-refractivity contribution in [2.45, 2.75) is 56.7 Å². The zero-order chi connectivity index (χ0) is 13.9. The molecule has 1 aliphatic heterocycles. The monoisotopic (exact) mass is 269 g/mol. The molecular formula is C14H27N3O2. The Labute approximate surface area is 115 Å². The summed E-state index contributed by atoms with van der Waals surface area (Å²) in [6, 6.07) is 0.600. The third-order valence-electron chi connectivity index (χ3n) is 4.81. The summed E-state index contributed by atoms with van der Waals surface area (Å²) in [6.07, 6.45) is 5.96. The van der Waals surface area contributed by atoms with Crippen LogP contribution in [-0.2, 0) is 9.53 Å². The largest absolute Gasteiger partial charge is 0.375 e. The van der Waals surface area contributed by atoms with Crippen LogP contribution in [0.4, 0.5) is 0 Å². The van der Waals surface area contributed by atoms with E-state index in [4.69, 9.17) is 10.5 Å². The molecule has 1 saturated heterocycles. The maximum absolute atomic E-state index is 11.4. The van der Waals surface area contributed by atoms with Gasteiger partial charge < -0.3 is 15.8 Å². The number of carbonyl (C=O) groups excluding carboxylic acids is 1. The van der Waals surface area contributed by atoms with E-state index in [1.54, 1.807) is 7.05 Å². The molecule has 19 heavy (non-hydrogen) atoms. The van der Waals surface area contributed by atoms with E-state index >= 15 is 0 Å². The smallest absolute Gasteiger partial charge is 0.237 e. The molecule has 3 unspecified atom stereocenters. The van der Waals surface area contributed by atoms with Crippen molar-refractivity contribution in [3.63, 3.8) is 0 Å². The first-order chi connectivity index (χ1) is 9.07. The van der Waals surface area contributed by atoms with Crippen LogP contribution in [0.2, 0.25) is 0 Å². The average Bonchev–Trinajstić information content (AvgIpc) is 2.87. The highest BCUT2D eigenvalue weighted by Gasteiger charge is 2.36. The number of hydrogen-bond acceptors (Lipinski definition) is 4. The minimum atomic E-state index is -0.582. The van der Waals surface area contributed by atoms with E-state index in [0.29, 0.717) is 12.1 Å². The molecule has 3 N–H and O–H groups in total. The lowest BCUT2D eigenvalue weighted by atomic mass is 9.95. The van der Waals surface area contributed by atoms with Crippen LogP contribution in [0.3, 0.4) is 0 Å². The van der Waals surface area contributed by atoms with E-state index in [1.165, 1.54) is 19.3 Å². The third kappa shape index (κ3) is 3.27. The Morgan fingerprint density at radius 1 is 1.53 bits per heavy atom. The molecular weight excluding hydrogens is 242 g/mol. The van der Waals surface area contributed by atoms with E-state index in [1.807, 2.05) is 6.92 Å². The van der Waals surface area contributed by atoms with Crippen molar-refractivity contribution in [1.82, 2.24) is 10.2 Å². The zero-order valence-electron chi connectivity index (χ0n) is 12.2. The Hall–Kier alpha value is -0.650. The number of likely N-dealkylation sites (N-methyl/N-ethyl adjacent to an activating group) is 1. The van der Waals surface area contributed by atoms with Crippen LogP contribution in [0.1, 0.15) is 39.0 Å². The number of nitrogens with one attached hydrogen (secondary N) is 1. The van der Waals surface area contributed by atoms with Gasteiger partial charge in [-0.05, 0) is 52.6 Å². The van der Waals surface area contributed by atoms with Gasteiger partial charge in [-0.3, -0.25) is 9.69 Å². The topological polar surface area (TPSA) is 67.6 Å². The van der Waals surface area contributed by atoms with E-state index in [-0.39, 0.29) is 5.91 Å². The van der Waals surface area contributed by atoms with Crippen molar-refractivity contribution in [3.05, 3.63) is 0 Å². The van der Waals surface area contributed by atoms with Gasteiger partial charge in [0.2, 0.25) is 5.91 Å². The number of hydrogen-bond donors (Lipinski definition) is 2. The van der Waals surface area contributed by atoms with Gasteiger partial charge in [0.05, 0.1) is 18.2 Å². The molecule has 1 saturated carbocycles. The van der Waals surface area contributed by atoms with Gasteiger partial charge in [0.15, 0.2) is 0 Å². The molecule has 0 bridgehead atoms. The zero-order valence-corrected chi connectivity index (χ0v) is 12.2. The molecule has 5 heteroatoms. The van der Waals surface area contributed by atoms with Crippen molar-refractivity contribution in [1.29, 1.82) is 0 Å². The highest BCUT2D eigenvalue weighted by Crippen LogP contribution is 2.29. The summed E-state index contributed by atoms with van der Waals surface area (Å²) < 4.78 is 5.81. The van der Waals surface area contributed by atoms with Crippen molar-refractivity contribution in [2.24, 2.45) is 5.73 Å². The molecule has 110 valence electrons. The average molecular weight is 269 g/mol. The van der Waals surface area contributed by atoms with Crippen LogP contribution in [0.15, 0.2) is 0 Å². The second-order valence-corrected chi connectivity index (χ2v) is 5.99. The first-order valence-electron chi connectivity index (χ1n) is 7.41. The van der Waals surface area contributed by atoms with E-state index in [9.17, 15) is 4.79 Å². The standard InChI is InChI=1S/C14H27N3O2/c1-14(16-2,13(15)18)7-4-8-17-9-10-19-12-6-3-5-11(12)17/h11-12,16H,3-10H2,1-2H3,(H2,15,18). The predicted octanol–water partition coefficient (Wildman–Crippen LogP) is 0.483. The normalized spacial score (nSPS) is 30.8. The van der Waals surface area contributed by atoms with Crippen molar-refractivity contribution >= 4 is 5.91 Å². The Morgan fingerprint density at radius 2 is 2.32 bits per heavy atom. The highest BCUT2D eigenvalue weighted by molar-refractivity contribution is 5.84. The molecule has 3 atom stereocenters. The lowest BCUT2D eigenvalue weighted by Crippen LogP contribution is -2.52. The molecule has 1 amide bonds. The summed E-state index contributed by atoms with van der Waals surface area (Å²) >= 11 is 0. The van der Waals surface area contributed by atoms with E-state index < -0.39 is 5.54 Å². The number of rotatable bonds is 6. The van der Waals surface area contributed by atoms with Crippen LogP contribution in [0.25, 0.3) is 0 Å². The molecule has 0 aromatic rings. The number of nitrogens with zero attached hydrogens (tertiary/aromatic N) is 1. The number of ether oxygens (including phenoxy) is 1. The van der Waals surface area contributed by atoms with Crippen LogP contribution >= 0.6 is 0 Å². The predicted molar refractivity (Wildman–Crippen MR) is 74.8 cm³/mol. The number of amides is 1. The molecule has 0 radical (unpaired) electrons. The van der Waals surface area contributed by atoms with Crippen molar-refractivity contribution in [2.75, 3.05) is 26.7 Å². The fourth-order valence-corrected chi connectivity index (χ4v) is 3.29. The Balaban J connectivity index is 1.80. The third-order valence-corrected chi connectivity index (χ3v) is 4.81. The number of carbonyl (C=O) groups is 1. The van der Waals surface area contributed by atoms with Crippen LogP contribution in [-0.4, -0.2) is 55.2 Å².